The van der Waals surface area contributed by atoms with Crippen molar-refractivity contribution in [2.24, 2.45) is 0 Å². The summed E-state index contributed by atoms with van der Waals surface area (Å²) < 4.78 is 1.36. The third-order valence-corrected chi connectivity index (χ3v) is 4.48. The van der Waals surface area contributed by atoms with Crippen LogP contribution in [-0.2, 0) is 11.3 Å². The van der Waals surface area contributed by atoms with E-state index in [-0.39, 0.29) is 18.4 Å². The van der Waals surface area contributed by atoms with Crippen LogP contribution in [-0.4, -0.2) is 22.9 Å². The normalized spacial score (nSPS) is 10.6. The second kappa shape index (κ2) is 8.71. The van der Waals surface area contributed by atoms with Gasteiger partial charge in [0.25, 0.3) is 11.5 Å². The van der Waals surface area contributed by atoms with Crippen LogP contribution in [0.2, 0.25) is 5.02 Å². The van der Waals surface area contributed by atoms with E-state index in [1.54, 1.807) is 48.5 Å². The Morgan fingerprint density at radius 1 is 1.07 bits per heavy atom. The smallest absolute Gasteiger partial charge is 0.252 e. The molecular formula is C21H20ClN3O3. The van der Waals surface area contributed by atoms with Crippen molar-refractivity contribution >= 4 is 40.0 Å². The quantitative estimate of drug-likeness (QED) is 0.668. The highest BCUT2D eigenvalue weighted by Gasteiger charge is 2.16. The van der Waals surface area contributed by atoms with Gasteiger partial charge in [0, 0.05) is 28.7 Å². The van der Waals surface area contributed by atoms with Gasteiger partial charge < -0.3 is 10.6 Å². The number of aromatic nitrogens is 1. The molecule has 6 nitrogen and oxygen atoms in total. The van der Waals surface area contributed by atoms with Crippen LogP contribution >= 0.6 is 11.6 Å². The number of para-hydroxylation sites is 1. The predicted molar refractivity (Wildman–Crippen MR) is 111 cm³/mol. The minimum absolute atomic E-state index is 0.168. The van der Waals surface area contributed by atoms with Crippen LogP contribution in [0.15, 0.2) is 59.4 Å². The summed E-state index contributed by atoms with van der Waals surface area (Å²) in [4.78, 5) is 37.5. The van der Waals surface area contributed by atoms with Crippen LogP contribution in [0.25, 0.3) is 10.9 Å². The van der Waals surface area contributed by atoms with Gasteiger partial charge in [0.05, 0.1) is 11.1 Å². The van der Waals surface area contributed by atoms with E-state index in [0.29, 0.717) is 33.7 Å². The van der Waals surface area contributed by atoms with Gasteiger partial charge in [0.2, 0.25) is 5.91 Å². The van der Waals surface area contributed by atoms with E-state index < -0.39 is 5.56 Å². The Morgan fingerprint density at radius 3 is 2.50 bits per heavy atom. The SMILES string of the molecule is CCCNC(=O)c1cc(=O)n(CC(=O)Nc2ccc(Cl)cc2)c2ccccc12. The number of pyridine rings is 1. The first-order chi connectivity index (χ1) is 13.5. The van der Waals surface area contributed by atoms with Crippen molar-refractivity contribution in [2.45, 2.75) is 19.9 Å². The number of nitrogens with one attached hydrogen (secondary N) is 2. The number of benzene rings is 2. The third kappa shape index (κ3) is 4.40. The molecule has 0 saturated carbocycles. The zero-order valence-corrected chi connectivity index (χ0v) is 16.1. The first-order valence-electron chi connectivity index (χ1n) is 8.96. The summed E-state index contributed by atoms with van der Waals surface area (Å²) in [7, 11) is 0. The molecule has 0 aliphatic rings. The van der Waals surface area contributed by atoms with Gasteiger partial charge in [0.1, 0.15) is 6.54 Å². The molecule has 144 valence electrons. The molecule has 2 amide bonds. The molecule has 0 bridgehead atoms. The maximum absolute atomic E-state index is 12.7. The molecular weight excluding hydrogens is 378 g/mol. The van der Waals surface area contributed by atoms with Crippen molar-refractivity contribution < 1.29 is 9.59 Å². The Kier molecular flexibility index (Phi) is 6.11. The second-order valence-electron chi connectivity index (χ2n) is 6.31. The Labute approximate surface area is 167 Å². The number of fused-ring (bicyclic) bond motifs is 1. The third-order valence-electron chi connectivity index (χ3n) is 4.23. The van der Waals surface area contributed by atoms with E-state index in [1.807, 2.05) is 6.92 Å². The number of amides is 2. The molecule has 0 saturated heterocycles. The minimum Gasteiger partial charge on any atom is -0.352 e. The summed E-state index contributed by atoms with van der Waals surface area (Å²) >= 11 is 5.85. The van der Waals surface area contributed by atoms with Crippen LogP contribution in [0, 0.1) is 0 Å². The van der Waals surface area contributed by atoms with Crippen molar-refractivity contribution in [2.75, 3.05) is 11.9 Å². The van der Waals surface area contributed by atoms with E-state index in [9.17, 15) is 14.4 Å². The number of rotatable bonds is 6. The Morgan fingerprint density at radius 2 is 1.79 bits per heavy atom. The monoisotopic (exact) mass is 397 g/mol. The summed E-state index contributed by atoms with van der Waals surface area (Å²) in [6.07, 6.45) is 0.797. The van der Waals surface area contributed by atoms with Crippen molar-refractivity contribution in [1.82, 2.24) is 9.88 Å². The van der Waals surface area contributed by atoms with Crippen LogP contribution in [0.5, 0.6) is 0 Å². The van der Waals surface area contributed by atoms with Gasteiger partial charge in [-0.05, 0) is 36.8 Å². The number of hydrogen-bond acceptors (Lipinski definition) is 3. The molecule has 7 heteroatoms. The molecule has 3 aromatic rings. The predicted octanol–water partition coefficient (Wildman–Crippen LogP) is 3.43. The Balaban J connectivity index is 1.92. The summed E-state index contributed by atoms with van der Waals surface area (Å²) in [6.45, 7) is 2.31. The molecule has 1 heterocycles. The summed E-state index contributed by atoms with van der Waals surface area (Å²) in [6, 6.07) is 15.0. The molecule has 28 heavy (non-hydrogen) atoms. The van der Waals surface area contributed by atoms with E-state index in [1.165, 1.54) is 10.6 Å². The van der Waals surface area contributed by atoms with E-state index in [2.05, 4.69) is 10.6 Å². The highest BCUT2D eigenvalue weighted by molar-refractivity contribution is 6.30. The van der Waals surface area contributed by atoms with Crippen molar-refractivity contribution in [3.05, 3.63) is 75.5 Å². The molecule has 0 fully saturated rings. The van der Waals surface area contributed by atoms with Crippen molar-refractivity contribution in [3.8, 4) is 0 Å². The van der Waals surface area contributed by atoms with E-state index >= 15 is 0 Å². The first kappa shape index (κ1) is 19.6. The van der Waals surface area contributed by atoms with Gasteiger partial charge in [-0.25, -0.2) is 0 Å². The van der Waals surface area contributed by atoms with Gasteiger partial charge in [0.15, 0.2) is 0 Å². The molecule has 2 N–H and O–H groups in total. The van der Waals surface area contributed by atoms with Gasteiger partial charge >= 0.3 is 0 Å². The van der Waals surface area contributed by atoms with E-state index in [0.717, 1.165) is 6.42 Å². The molecule has 0 aliphatic heterocycles. The lowest BCUT2D eigenvalue weighted by Crippen LogP contribution is -2.31. The zero-order valence-electron chi connectivity index (χ0n) is 15.4. The van der Waals surface area contributed by atoms with Gasteiger partial charge in [-0.3, -0.25) is 19.0 Å². The summed E-state index contributed by atoms with van der Waals surface area (Å²) in [5, 5.41) is 6.71. The highest BCUT2D eigenvalue weighted by atomic mass is 35.5. The maximum atomic E-state index is 12.7. The lowest BCUT2D eigenvalue weighted by molar-refractivity contribution is -0.116. The molecule has 1 aromatic heterocycles. The molecule has 2 aromatic carbocycles. The van der Waals surface area contributed by atoms with Crippen LogP contribution < -0.4 is 16.2 Å². The molecule has 0 aliphatic carbocycles. The molecule has 0 unspecified atom stereocenters. The van der Waals surface area contributed by atoms with Crippen LogP contribution in [0.1, 0.15) is 23.7 Å². The lowest BCUT2D eigenvalue weighted by atomic mass is 10.1. The van der Waals surface area contributed by atoms with Gasteiger partial charge in [-0.1, -0.05) is 36.7 Å². The Hall–Kier alpha value is -3.12. The van der Waals surface area contributed by atoms with Crippen LogP contribution in [0.4, 0.5) is 5.69 Å². The number of nitrogens with zero attached hydrogens (tertiary/aromatic N) is 1. The number of carbonyl (C=O) groups excluding carboxylic acids is 2. The number of anilines is 1. The van der Waals surface area contributed by atoms with E-state index in [4.69, 9.17) is 11.6 Å². The topological polar surface area (TPSA) is 80.2 Å². The van der Waals surface area contributed by atoms with Crippen molar-refractivity contribution in [3.63, 3.8) is 0 Å². The number of halogens is 1. The Bertz CT molecular complexity index is 1070. The maximum Gasteiger partial charge on any atom is 0.252 e. The highest BCUT2D eigenvalue weighted by Crippen LogP contribution is 2.18. The fraction of sp³-hybridized carbons (Fsp3) is 0.190. The fourth-order valence-corrected chi connectivity index (χ4v) is 3.02. The van der Waals surface area contributed by atoms with Crippen LogP contribution in [0.3, 0.4) is 0 Å². The van der Waals surface area contributed by atoms with Gasteiger partial charge in [-0.15, -0.1) is 0 Å². The van der Waals surface area contributed by atoms with Crippen molar-refractivity contribution in [1.29, 1.82) is 0 Å². The summed E-state index contributed by atoms with van der Waals surface area (Å²) in [5.41, 5.74) is 1.01. The lowest BCUT2D eigenvalue weighted by Gasteiger charge is -2.13. The fourth-order valence-electron chi connectivity index (χ4n) is 2.90. The minimum atomic E-state index is -0.411. The number of hydrogen-bond donors (Lipinski definition) is 2. The average Bonchev–Trinajstić information content (AvgIpc) is 2.69. The summed E-state index contributed by atoms with van der Waals surface area (Å²) in [5.74, 6) is -0.648. The average molecular weight is 398 g/mol. The molecule has 3 rings (SSSR count). The number of carbonyl (C=O) groups is 2. The first-order valence-corrected chi connectivity index (χ1v) is 9.33. The molecule has 0 atom stereocenters. The second-order valence-corrected chi connectivity index (χ2v) is 6.75. The van der Waals surface area contributed by atoms with Gasteiger partial charge in [-0.2, -0.15) is 0 Å². The largest absolute Gasteiger partial charge is 0.352 e. The standard InChI is InChI=1S/C21H20ClN3O3/c1-2-11-23-21(28)17-12-20(27)25(18-6-4-3-5-16(17)18)13-19(26)24-15-9-7-14(22)8-10-15/h3-10,12H,2,11,13H2,1H3,(H,23,28)(H,24,26). The molecule has 0 radical (unpaired) electrons. The molecule has 0 spiro atoms. The zero-order chi connectivity index (χ0) is 20.1.